The van der Waals surface area contributed by atoms with Gasteiger partial charge in [-0.2, -0.15) is 0 Å². The number of para-hydroxylation sites is 1. The number of carbonyl (C=O) groups excluding carboxylic acids is 3. The molecule has 7 rings (SSSR count). The molecule has 4 aromatic rings. The second-order valence-corrected chi connectivity index (χ2v) is 17.7. The van der Waals surface area contributed by atoms with Crippen LogP contribution in [0.5, 0.6) is 5.75 Å². The van der Waals surface area contributed by atoms with E-state index in [9.17, 15) is 19.5 Å². The Hall–Kier alpha value is -6.16. The summed E-state index contributed by atoms with van der Waals surface area (Å²) in [5.41, 5.74) is 22.4. The highest BCUT2D eigenvalue weighted by Gasteiger charge is 2.46. The van der Waals surface area contributed by atoms with Gasteiger partial charge in [-0.1, -0.05) is 18.2 Å². The summed E-state index contributed by atoms with van der Waals surface area (Å²) in [6, 6.07) is 17.9. The van der Waals surface area contributed by atoms with Crippen molar-refractivity contribution >= 4 is 40.5 Å². The van der Waals surface area contributed by atoms with Gasteiger partial charge in [-0.3, -0.25) is 19.7 Å². The molecule has 8 N–H and O–H groups in total. The number of anilines is 1. The Balaban J connectivity index is 0.930. The highest BCUT2D eigenvalue weighted by molar-refractivity contribution is 5.94. The van der Waals surface area contributed by atoms with E-state index >= 15 is 13.2 Å². The maximum Gasteiger partial charge on any atom is 0.258 e. The van der Waals surface area contributed by atoms with Crippen molar-refractivity contribution in [2.24, 2.45) is 17.2 Å². The number of halogens is 3. The van der Waals surface area contributed by atoms with Crippen molar-refractivity contribution in [2.75, 3.05) is 64.3 Å². The molecular formula is C48H60F3N9O4. The number of alkyl halides is 3. The van der Waals surface area contributed by atoms with E-state index < -0.39 is 23.9 Å². The van der Waals surface area contributed by atoms with Gasteiger partial charge in [-0.25, -0.2) is 13.2 Å². The third-order valence-electron chi connectivity index (χ3n) is 13.5. The van der Waals surface area contributed by atoms with Gasteiger partial charge in [0.15, 0.2) is 0 Å². The van der Waals surface area contributed by atoms with Crippen LogP contribution < -0.4 is 27.4 Å². The number of hydrogen-bond acceptors (Lipinski definition) is 10. The topological polar surface area (TPSA) is 179 Å². The summed E-state index contributed by atoms with van der Waals surface area (Å²) in [6.07, 6.45) is 5.94. The minimum atomic E-state index is -3.05. The summed E-state index contributed by atoms with van der Waals surface area (Å²) < 4.78 is 50.1. The van der Waals surface area contributed by atoms with E-state index in [-0.39, 0.29) is 86.3 Å². The molecular weight excluding hydrogens is 824 g/mol. The largest absolute Gasteiger partial charge is 0.507 e. The molecule has 16 heteroatoms. The molecule has 3 aliphatic heterocycles. The number of carbonyl (C=O) groups is 3. The molecule has 3 aromatic carbocycles. The van der Waals surface area contributed by atoms with Crippen LogP contribution in [0.2, 0.25) is 0 Å². The van der Waals surface area contributed by atoms with E-state index in [1.807, 2.05) is 11.9 Å². The zero-order valence-electron chi connectivity index (χ0n) is 36.8. The highest BCUT2D eigenvalue weighted by Crippen LogP contribution is 2.43. The molecule has 342 valence electrons. The molecule has 3 amide bonds. The van der Waals surface area contributed by atoms with Crippen molar-refractivity contribution in [3.05, 3.63) is 112 Å². The van der Waals surface area contributed by atoms with Crippen molar-refractivity contribution in [1.29, 1.82) is 0 Å². The van der Waals surface area contributed by atoms with Crippen LogP contribution in [0.4, 0.5) is 18.9 Å². The number of phenols is 1. The molecule has 1 unspecified atom stereocenters. The van der Waals surface area contributed by atoms with Crippen molar-refractivity contribution < 1.29 is 32.7 Å². The first-order valence-electron chi connectivity index (χ1n) is 22.0. The van der Waals surface area contributed by atoms with Crippen LogP contribution in [-0.4, -0.2) is 114 Å². The van der Waals surface area contributed by atoms with Gasteiger partial charge >= 0.3 is 0 Å². The molecule has 13 nitrogen and oxygen atoms in total. The van der Waals surface area contributed by atoms with E-state index in [2.05, 4.69) is 46.1 Å². The number of aryl methyl sites for hydroxylation is 2. The van der Waals surface area contributed by atoms with Crippen molar-refractivity contribution in [3.8, 4) is 5.75 Å². The Bertz CT molecular complexity index is 2430. The smallest absolute Gasteiger partial charge is 0.258 e. The number of phenolic OH excluding ortho intramolecular Hbond substituents is 1. The SMILES string of the molecule is Cc1cc(C(=O)N2CCC(F)(CN3CCC(n4ccc5c(C)c(N(C)CCC(=O)NC=O)ccc54)CC3)CC2)ccc1C1CN(C(/C=C(\N)c2ccccc2O)=C(N)N)CCC1(F)F. The molecule has 64 heavy (non-hydrogen) atoms. The lowest BCUT2D eigenvalue weighted by Gasteiger charge is -2.41. The summed E-state index contributed by atoms with van der Waals surface area (Å²) in [5.74, 6) is -5.00. The Kier molecular flexibility index (Phi) is 13.5. The van der Waals surface area contributed by atoms with Crippen LogP contribution in [0.1, 0.15) is 83.1 Å². The molecule has 3 saturated heterocycles. The first kappa shape index (κ1) is 45.9. The second kappa shape index (κ2) is 18.9. The fourth-order valence-corrected chi connectivity index (χ4v) is 9.79. The van der Waals surface area contributed by atoms with Crippen molar-refractivity contribution in [3.63, 3.8) is 0 Å². The van der Waals surface area contributed by atoms with E-state index in [4.69, 9.17) is 17.2 Å². The van der Waals surface area contributed by atoms with Crippen LogP contribution in [0.25, 0.3) is 16.6 Å². The number of imide groups is 1. The predicted octanol–water partition coefficient (Wildman–Crippen LogP) is 5.85. The quantitative estimate of drug-likeness (QED) is 0.0808. The minimum Gasteiger partial charge on any atom is -0.507 e. The highest BCUT2D eigenvalue weighted by atomic mass is 19.3. The fourth-order valence-electron chi connectivity index (χ4n) is 9.79. The summed E-state index contributed by atoms with van der Waals surface area (Å²) in [4.78, 5) is 43.7. The molecule has 0 saturated carbocycles. The Morgan fingerprint density at radius 3 is 2.30 bits per heavy atom. The molecule has 1 aromatic heterocycles. The van der Waals surface area contributed by atoms with E-state index in [1.165, 1.54) is 12.1 Å². The number of piperidine rings is 3. The first-order chi connectivity index (χ1) is 30.5. The van der Waals surface area contributed by atoms with Crippen LogP contribution in [0.15, 0.2) is 84.5 Å². The number of fused-ring (bicyclic) bond motifs is 1. The number of benzene rings is 3. The molecule has 3 aliphatic rings. The molecule has 1 atom stereocenters. The number of allylic oxidation sites excluding steroid dienone is 1. The first-order valence-corrected chi connectivity index (χ1v) is 22.0. The number of amides is 3. The Morgan fingerprint density at radius 1 is 0.922 bits per heavy atom. The fraction of sp³-hybridized carbons (Fsp3) is 0.438. The van der Waals surface area contributed by atoms with E-state index in [0.29, 0.717) is 41.8 Å². The molecule has 0 aliphatic carbocycles. The number of nitrogens with zero attached hydrogens (tertiary/aromatic N) is 5. The number of hydrogen-bond donors (Lipinski definition) is 5. The molecule has 4 heterocycles. The zero-order chi connectivity index (χ0) is 45.9. The molecule has 0 radical (unpaired) electrons. The lowest BCUT2D eigenvalue weighted by atomic mass is 9.83. The third-order valence-corrected chi connectivity index (χ3v) is 13.5. The number of aromatic nitrogens is 1. The maximum absolute atomic E-state index is 16.4. The number of nitrogens with one attached hydrogen (secondary N) is 1. The maximum atomic E-state index is 16.4. The Labute approximate surface area is 372 Å². The van der Waals surface area contributed by atoms with Crippen LogP contribution in [0, 0.1) is 13.8 Å². The van der Waals surface area contributed by atoms with Gasteiger partial charge in [0.05, 0.1) is 11.6 Å². The van der Waals surface area contributed by atoms with Gasteiger partial charge in [-0.15, -0.1) is 0 Å². The molecule has 3 fully saturated rings. The minimum absolute atomic E-state index is 0.0250. The van der Waals surface area contributed by atoms with Gasteiger partial charge in [-0.05, 0) is 91.9 Å². The van der Waals surface area contributed by atoms with Crippen molar-refractivity contribution in [2.45, 2.75) is 75.9 Å². The standard InChI is InChI=1S/C48H60F3N9O4/c1-31-26-33(8-9-35(31)38-28-59(25-18-48(38,50)51)42(45(53)54)27-39(52)37-6-4-5-7-43(37)62)46(64)58-23-16-47(49,17-24-58)29-57-20-12-34(13-21-57)60-22-14-36-32(2)40(10-11-41(36)60)56(3)19-15-44(63)55-30-61/h4-11,14,22,26-27,30,34,38,62H,12-13,15-21,23-25,28-29,52-54H2,1-3H3,(H,55,61,63)/b39-27-. The number of likely N-dealkylation sites (tertiary alicyclic amines) is 3. The predicted molar refractivity (Wildman–Crippen MR) is 243 cm³/mol. The van der Waals surface area contributed by atoms with Gasteiger partial charge in [0.2, 0.25) is 12.3 Å². The van der Waals surface area contributed by atoms with Crippen LogP contribution in [0.3, 0.4) is 0 Å². The zero-order valence-corrected chi connectivity index (χ0v) is 36.8. The van der Waals surface area contributed by atoms with E-state index in [1.54, 1.807) is 53.1 Å². The second-order valence-electron chi connectivity index (χ2n) is 17.7. The molecule has 0 bridgehead atoms. The van der Waals surface area contributed by atoms with Gasteiger partial charge in [0.1, 0.15) is 17.2 Å². The van der Waals surface area contributed by atoms with Gasteiger partial charge in [0, 0.05) is 131 Å². The Morgan fingerprint density at radius 2 is 1.62 bits per heavy atom. The average Bonchev–Trinajstić information content (AvgIpc) is 3.70. The normalized spacial score (nSPS) is 19.3. The summed E-state index contributed by atoms with van der Waals surface area (Å²) >= 11 is 0. The van der Waals surface area contributed by atoms with Crippen LogP contribution >= 0.6 is 0 Å². The lowest BCUT2D eigenvalue weighted by molar-refractivity contribution is -0.125. The average molecular weight is 884 g/mol. The van der Waals surface area contributed by atoms with Crippen LogP contribution in [-0.2, 0) is 9.59 Å². The monoisotopic (exact) mass is 883 g/mol. The number of nitrogens with two attached hydrogens (primary N) is 3. The van der Waals surface area contributed by atoms with Crippen molar-refractivity contribution in [1.82, 2.24) is 24.6 Å². The summed E-state index contributed by atoms with van der Waals surface area (Å²) in [5, 5.41) is 13.6. The number of rotatable bonds is 13. The van der Waals surface area contributed by atoms with Gasteiger partial charge in [0.25, 0.3) is 11.8 Å². The summed E-state index contributed by atoms with van der Waals surface area (Å²) in [6.45, 7) is 6.46. The molecule has 0 spiro atoms. The summed E-state index contributed by atoms with van der Waals surface area (Å²) in [7, 11) is 1.93. The lowest BCUT2D eigenvalue weighted by Crippen LogP contribution is -2.51. The number of aromatic hydroxyl groups is 1. The third kappa shape index (κ3) is 9.81. The van der Waals surface area contributed by atoms with Gasteiger partial charge < -0.3 is 46.5 Å². The van der Waals surface area contributed by atoms with E-state index in [0.717, 1.165) is 48.1 Å².